The first-order chi connectivity index (χ1) is 11.2. The SMILES string of the molecule is C=CCOc1cccc(NC(=S)NC(=O)Cc2ccccc2)c1. The summed E-state index contributed by atoms with van der Waals surface area (Å²) in [5.41, 5.74) is 1.68. The smallest absolute Gasteiger partial charge is 0.230 e. The highest BCUT2D eigenvalue weighted by molar-refractivity contribution is 7.80. The standard InChI is InChI=1S/C18H18N2O2S/c1-2-11-22-16-10-6-9-15(13-16)19-18(23)20-17(21)12-14-7-4-3-5-8-14/h2-10,13H,1,11-12H2,(H2,19,20,21,23). The van der Waals surface area contributed by atoms with E-state index in [0.717, 1.165) is 11.3 Å². The monoisotopic (exact) mass is 326 g/mol. The average Bonchev–Trinajstić information content (AvgIpc) is 2.54. The van der Waals surface area contributed by atoms with E-state index >= 15 is 0 Å². The molecule has 2 rings (SSSR count). The first-order valence-electron chi connectivity index (χ1n) is 7.16. The van der Waals surface area contributed by atoms with Gasteiger partial charge in [-0.1, -0.05) is 49.1 Å². The van der Waals surface area contributed by atoms with Gasteiger partial charge in [0.05, 0.1) is 6.42 Å². The molecule has 2 aromatic carbocycles. The lowest BCUT2D eigenvalue weighted by Crippen LogP contribution is -2.35. The van der Waals surface area contributed by atoms with Crippen molar-refractivity contribution < 1.29 is 9.53 Å². The van der Waals surface area contributed by atoms with Crippen LogP contribution in [0.3, 0.4) is 0 Å². The predicted octanol–water partition coefficient (Wildman–Crippen LogP) is 3.31. The number of amides is 1. The van der Waals surface area contributed by atoms with Gasteiger partial charge in [-0.05, 0) is 29.9 Å². The third-order valence-corrected chi connectivity index (χ3v) is 3.12. The molecule has 0 aliphatic rings. The lowest BCUT2D eigenvalue weighted by Gasteiger charge is -2.11. The molecule has 0 atom stereocenters. The van der Waals surface area contributed by atoms with Gasteiger partial charge in [0, 0.05) is 11.8 Å². The van der Waals surface area contributed by atoms with Crippen molar-refractivity contribution in [1.29, 1.82) is 0 Å². The summed E-state index contributed by atoms with van der Waals surface area (Å²) >= 11 is 5.16. The first kappa shape index (κ1) is 16.7. The van der Waals surface area contributed by atoms with E-state index in [9.17, 15) is 4.79 Å². The van der Waals surface area contributed by atoms with Crippen LogP contribution in [0.4, 0.5) is 5.69 Å². The van der Waals surface area contributed by atoms with E-state index in [4.69, 9.17) is 17.0 Å². The molecule has 0 saturated heterocycles. The van der Waals surface area contributed by atoms with Crippen LogP contribution in [0.2, 0.25) is 0 Å². The van der Waals surface area contributed by atoms with Crippen molar-refractivity contribution in [3.8, 4) is 5.75 Å². The topological polar surface area (TPSA) is 50.4 Å². The Balaban J connectivity index is 1.86. The quantitative estimate of drug-likeness (QED) is 0.632. The largest absolute Gasteiger partial charge is 0.489 e. The van der Waals surface area contributed by atoms with Crippen molar-refractivity contribution in [3.05, 3.63) is 72.8 Å². The summed E-state index contributed by atoms with van der Waals surface area (Å²) in [5, 5.41) is 5.89. The zero-order valence-electron chi connectivity index (χ0n) is 12.6. The number of nitrogens with one attached hydrogen (secondary N) is 2. The predicted molar refractivity (Wildman–Crippen MR) is 96.6 cm³/mol. The van der Waals surface area contributed by atoms with Crippen LogP contribution in [-0.2, 0) is 11.2 Å². The maximum absolute atomic E-state index is 11.9. The molecule has 0 saturated carbocycles. The van der Waals surface area contributed by atoms with Crippen molar-refractivity contribution in [2.75, 3.05) is 11.9 Å². The number of thiocarbonyl (C=S) groups is 1. The van der Waals surface area contributed by atoms with Crippen LogP contribution < -0.4 is 15.4 Å². The molecule has 5 heteroatoms. The minimum atomic E-state index is -0.159. The zero-order chi connectivity index (χ0) is 16.5. The minimum absolute atomic E-state index is 0.159. The van der Waals surface area contributed by atoms with Crippen LogP contribution in [0.15, 0.2) is 67.3 Å². The van der Waals surface area contributed by atoms with E-state index in [0.29, 0.717) is 12.4 Å². The molecule has 0 aliphatic heterocycles. The molecule has 23 heavy (non-hydrogen) atoms. The van der Waals surface area contributed by atoms with Crippen LogP contribution >= 0.6 is 12.2 Å². The lowest BCUT2D eigenvalue weighted by atomic mass is 10.1. The second-order valence-corrected chi connectivity index (χ2v) is 5.20. The highest BCUT2D eigenvalue weighted by Crippen LogP contribution is 2.17. The highest BCUT2D eigenvalue weighted by Gasteiger charge is 2.06. The Labute approximate surface area is 141 Å². The number of carbonyl (C=O) groups is 1. The van der Waals surface area contributed by atoms with Crippen LogP contribution in [-0.4, -0.2) is 17.6 Å². The van der Waals surface area contributed by atoms with Crippen molar-refractivity contribution in [1.82, 2.24) is 5.32 Å². The highest BCUT2D eigenvalue weighted by atomic mass is 32.1. The fourth-order valence-electron chi connectivity index (χ4n) is 1.93. The van der Waals surface area contributed by atoms with Gasteiger partial charge in [-0.3, -0.25) is 4.79 Å². The second kappa shape index (κ2) is 8.70. The summed E-state index contributed by atoms with van der Waals surface area (Å²) in [6, 6.07) is 16.8. The molecule has 4 nitrogen and oxygen atoms in total. The molecule has 0 spiro atoms. The van der Waals surface area contributed by atoms with Gasteiger partial charge in [-0.25, -0.2) is 0 Å². The molecule has 0 heterocycles. The van der Waals surface area contributed by atoms with Gasteiger partial charge in [0.2, 0.25) is 5.91 Å². The summed E-state index contributed by atoms with van der Waals surface area (Å²) in [7, 11) is 0. The van der Waals surface area contributed by atoms with E-state index in [1.165, 1.54) is 0 Å². The van der Waals surface area contributed by atoms with Gasteiger partial charge in [-0.2, -0.15) is 0 Å². The van der Waals surface area contributed by atoms with Crippen molar-refractivity contribution in [2.24, 2.45) is 0 Å². The van der Waals surface area contributed by atoms with Crippen LogP contribution in [0.25, 0.3) is 0 Å². The molecule has 2 aromatic rings. The normalized spacial score (nSPS) is 9.74. The van der Waals surface area contributed by atoms with Crippen LogP contribution in [0.5, 0.6) is 5.75 Å². The Bertz CT molecular complexity index is 686. The molecule has 0 aliphatic carbocycles. The maximum atomic E-state index is 11.9. The number of ether oxygens (including phenoxy) is 1. The number of hydrogen-bond donors (Lipinski definition) is 2. The molecular formula is C18H18N2O2S. The molecule has 0 fully saturated rings. The van der Waals surface area contributed by atoms with E-state index in [1.54, 1.807) is 12.1 Å². The Hall–Kier alpha value is -2.66. The average molecular weight is 326 g/mol. The molecule has 118 valence electrons. The summed E-state index contributed by atoms with van der Waals surface area (Å²) in [6.07, 6.45) is 1.96. The Morgan fingerprint density at radius 3 is 2.70 bits per heavy atom. The molecule has 0 bridgehead atoms. The Morgan fingerprint density at radius 1 is 1.17 bits per heavy atom. The number of anilines is 1. The van der Waals surface area contributed by atoms with Crippen LogP contribution in [0, 0.1) is 0 Å². The number of rotatable bonds is 6. The van der Waals surface area contributed by atoms with Gasteiger partial charge >= 0.3 is 0 Å². The summed E-state index contributed by atoms with van der Waals surface area (Å²) in [4.78, 5) is 11.9. The maximum Gasteiger partial charge on any atom is 0.230 e. The van der Waals surface area contributed by atoms with Crippen molar-refractivity contribution >= 4 is 28.9 Å². The Kier molecular flexibility index (Phi) is 6.32. The fourth-order valence-corrected chi connectivity index (χ4v) is 2.16. The van der Waals surface area contributed by atoms with Gasteiger partial charge in [-0.15, -0.1) is 0 Å². The summed E-state index contributed by atoms with van der Waals surface area (Å²) in [5.74, 6) is 0.543. The molecule has 1 amide bonds. The molecule has 0 radical (unpaired) electrons. The fraction of sp³-hybridized carbons (Fsp3) is 0.111. The minimum Gasteiger partial charge on any atom is -0.489 e. The van der Waals surface area contributed by atoms with Crippen molar-refractivity contribution in [2.45, 2.75) is 6.42 Å². The first-order valence-corrected chi connectivity index (χ1v) is 7.56. The Morgan fingerprint density at radius 2 is 1.96 bits per heavy atom. The zero-order valence-corrected chi connectivity index (χ0v) is 13.4. The van der Waals surface area contributed by atoms with E-state index in [1.807, 2.05) is 48.5 Å². The van der Waals surface area contributed by atoms with E-state index in [-0.39, 0.29) is 17.4 Å². The molecule has 0 unspecified atom stereocenters. The van der Waals surface area contributed by atoms with Crippen molar-refractivity contribution in [3.63, 3.8) is 0 Å². The van der Waals surface area contributed by atoms with Gasteiger partial charge in [0.1, 0.15) is 12.4 Å². The summed E-state index contributed by atoms with van der Waals surface area (Å²) in [6.45, 7) is 4.04. The van der Waals surface area contributed by atoms with Crippen LogP contribution in [0.1, 0.15) is 5.56 Å². The molecule has 2 N–H and O–H groups in total. The molecular weight excluding hydrogens is 308 g/mol. The van der Waals surface area contributed by atoms with E-state index in [2.05, 4.69) is 17.2 Å². The third-order valence-electron chi connectivity index (χ3n) is 2.92. The van der Waals surface area contributed by atoms with Gasteiger partial charge < -0.3 is 15.4 Å². The third kappa shape index (κ3) is 5.92. The van der Waals surface area contributed by atoms with Gasteiger partial charge in [0.25, 0.3) is 0 Å². The lowest BCUT2D eigenvalue weighted by molar-refractivity contribution is -0.119. The number of hydrogen-bond acceptors (Lipinski definition) is 3. The van der Waals surface area contributed by atoms with E-state index < -0.39 is 0 Å². The summed E-state index contributed by atoms with van der Waals surface area (Å²) < 4.78 is 5.45. The molecule has 0 aromatic heterocycles. The number of benzene rings is 2. The van der Waals surface area contributed by atoms with Gasteiger partial charge in [0.15, 0.2) is 5.11 Å². The number of carbonyl (C=O) groups excluding carboxylic acids is 1. The second-order valence-electron chi connectivity index (χ2n) is 4.79.